The Morgan fingerprint density at radius 1 is 0.843 bits per heavy atom. The zero-order valence-corrected chi connectivity index (χ0v) is 29.0. The fraction of sp³-hybridized carbons (Fsp3) is 0.366. The lowest BCUT2D eigenvalue weighted by atomic mass is 10.0. The Balaban J connectivity index is 1.39. The van der Waals surface area contributed by atoms with Gasteiger partial charge in [0.25, 0.3) is 0 Å². The number of carbonyl (C=O) groups is 2. The summed E-state index contributed by atoms with van der Waals surface area (Å²) in [4.78, 5) is 34.2. The smallest absolute Gasteiger partial charge is 0.416 e. The minimum Gasteiger partial charge on any atom is -0.462 e. The molecule has 3 aromatic carbocycles. The number of benzene rings is 3. The van der Waals surface area contributed by atoms with Crippen molar-refractivity contribution >= 4 is 17.9 Å². The average Bonchev–Trinajstić information content (AvgIpc) is 3.60. The van der Waals surface area contributed by atoms with Gasteiger partial charge in [0, 0.05) is 45.2 Å². The van der Waals surface area contributed by atoms with Crippen LogP contribution in [0.25, 0.3) is 6.08 Å². The molecular weight excluding hydrogens is 655 g/mol. The molecule has 1 aliphatic heterocycles. The van der Waals surface area contributed by atoms with Crippen molar-refractivity contribution in [2.24, 2.45) is 0 Å². The first kappa shape index (κ1) is 37.6. The highest BCUT2D eigenvalue weighted by atomic mass is 19.4. The molecule has 4 aromatic rings. The summed E-state index contributed by atoms with van der Waals surface area (Å²) < 4.78 is 45.1. The lowest BCUT2D eigenvalue weighted by Crippen LogP contribution is -2.56. The normalized spacial score (nSPS) is 14.6. The molecule has 1 aromatic heterocycles. The summed E-state index contributed by atoms with van der Waals surface area (Å²) >= 11 is 0. The second-order valence-electron chi connectivity index (χ2n) is 13.0. The number of rotatable bonds is 15. The molecular formula is C41H46F3N3O4. The maximum Gasteiger partial charge on any atom is 0.416 e. The SMILES string of the molecule is CCCCCc1ccc(CN(C(=O)/C=C/c2ccc(C(F)(F)F)cc2)[C@@H](Cc2ccccc2)C(=O)N2CCN(Cc3ccc(CO)o3)CC2)cc1. The number of unbranched alkanes of at least 4 members (excludes halogenated alkanes) is 2. The van der Waals surface area contributed by atoms with Crippen molar-refractivity contribution in [2.75, 3.05) is 26.2 Å². The number of halogens is 3. The molecule has 2 amide bonds. The lowest BCUT2D eigenvalue weighted by Gasteiger charge is -2.39. The van der Waals surface area contributed by atoms with Crippen LogP contribution in [0.1, 0.15) is 65.5 Å². The van der Waals surface area contributed by atoms with Gasteiger partial charge >= 0.3 is 6.18 Å². The number of aliphatic hydroxyl groups is 1. The number of piperazine rings is 1. The Morgan fingerprint density at radius 2 is 1.51 bits per heavy atom. The summed E-state index contributed by atoms with van der Waals surface area (Å²) in [6.07, 6.45) is 3.03. The average molecular weight is 702 g/mol. The van der Waals surface area contributed by atoms with E-state index in [-0.39, 0.29) is 19.1 Å². The van der Waals surface area contributed by atoms with E-state index in [4.69, 9.17) is 4.42 Å². The molecule has 0 radical (unpaired) electrons. The molecule has 0 bridgehead atoms. The van der Waals surface area contributed by atoms with E-state index < -0.39 is 23.7 Å². The summed E-state index contributed by atoms with van der Waals surface area (Å²) in [6.45, 7) is 4.90. The van der Waals surface area contributed by atoms with Gasteiger partial charge in [-0.1, -0.05) is 86.5 Å². The van der Waals surface area contributed by atoms with Crippen LogP contribution in [0.5, 0.6) is 0 Å². The summed E-state index contributed by atoms with van der Waals surface area (Å²) in [5.41, 5.74) is 2.67. The van der Waals surface area contributed by atoms with Crippen molar-refractivity contribution in [2.45, 2.75) is 70.9 Å². The van der Waals surface area contributed by atoms with Gasteiger partial charge in [-0.2, -0.15) is 13.2 Å². The first-order chi connectivity index (χ1) is 24.6. The number of aryl methyl sites for hydroxylation is 1. The third-order valence-electron chi connectivity index (χ3n) is 9.25. The van der Waals surface area contributed by atoms with Gasteiger partial charge < -0.3 is 19.3 Å². The monoisotopic (exact) mass is 701 g/mol. The predicted molar refractivity (Wildman–Crippen MR) is 191 cm³/mol. The number of alkyl halides is 3. The molecule has 0 unspecified atom stereocenters. The van der Waals surface area contributed by atoms with Crippen LogP contribution in [-0.2, 0) is 48.3 Å². The summed E-state index contributed by atoms with van der Waals surface area (Å²) in [5, 5.41) is 9.35. The van der Waals surface area contributed by atoms with E-state index in [0.717, 1.165) is 54.7 Å². The number of carbonyl (C=O) groups excluding carboxylic acids is 2. The molecule has 0 aliphatic carbocycles. The molecule has 5 rings (SSSR count). The van der Waals surface area contributed by atoms with E-state index in [9.17, 15) is 27.9 Å². The zero-order valence-electron chi connectivity index (χ0n) is 29.0. The van der Waals surface area contributed by atoms with Gasteiger partial charge in [0.1, 0.15) is 24.2 Å². The summed E-state index contributed by atoms with van der Waals surface area (Å²) in [5.74, 6) is 0.679. The molecule has 10 heteroatoms. The van der Waals surface area contributed by atoms with E-state index in [2.05, 4.69) is 24.0 Å². The fourth-order valence-corrected chi connectivity index (χ4v) is 6.29. The molecule has 51 heavy (non-hydrogen) atoms. The molecule has 7 nitrogen and oxygen atoms in total. The number of amides is 2. The van der Waals surface area contributed by atoms with Crippen molar-refractivity contribution < 1.29 is 32.3 Å². The molecule has 1 atom stereocenters. The second kappa shape index (κ2) is 18.0. The van der Waals surface area contributed by atoms with Crippen LogP contribution in [0.3, 0.4) is 0 Å². The number of furan rings is 1. The maximum atomic E-state index is 14.5. The third kappa shape index (κ3) is 10.9. The van der Waals surface area contributed by atoms with Crippen molar-refractivity contribution in [1.29, 1.82) is 0 Å². The topological polar surface area (TPSA) is 77.2 Å². The van der Waals surface area contributed by atoms with Crippen LogP contribution in [0, 0.1) is 0 Å². The van der Waals surface area contributed by atoms with Crippen molar-refractivity contribution in [3.8, 4) is 0 Å². The lowest BCUT2D eigenvalue weighted by molar-refractivity contribution is -0.145. The largest absolute Gasteiger partial charge is 0.462 e. The van der Waals surface area contributed by atoms with Crippen LogP contribution >= 0.6 is 0 Å². The van der Waals surface area contributed by atoms with Gasteiger partial charge in [-0.3, -0.25) is 14.5 Å². The molecule has 0 spiro atoms. The molecule has 1 saturated heterocycles. The van der Waals surface area contributed by atoms with Crippen molar-refractivity contribution in [1.82, 2.24) is 14.7 Å². The Hall–Kier alpha value is -4.67. The summed E-state index contributed by atoms with van der Waals surface area (Å²) in [7, 11) is 0. The number of hydrogen-bond acceptors (Lipinski definition) is 5. The van der Waals surface area contributed by atoms with E-state index in [1.54, 1.807) is 11.0 Å². The van der Waals surface area contributed by atoms with Gasteiger partial charge in [0.15, 0.2) is 0 Å². The fourth-order valence-electron chi connectivity index (χ4n) is 6.29. The molecule has 1 fully saturated rings. The highest BCUT2D eigenvalue weighted by Crippen LogP contribution is 2.29. The molecule has 1 N–H and O–H groups in total. The predicted octanol–water partition coefficient (Wildman–Crippen LogP) is 7.52. The quantitative estimate of drug-likeness (QED) is 0.103. The number of hydrogen-bond donors (Lipinski definition) is 1. The molecule has 1 aliphatic rings. The van der Waals surface area contributed by atoms with Crippen LogP contribution in [0.15, 0.2) is 101 Å². The standard InChI is InChI=1S/C41H46F3N3O4/c1-2-3-5-8-31-11-13-34(14-12-31)28-47(39(49)22-17-32-15-18-35(19-16-32)41(42,43)44)38(27-33-9-6-4-7-10-33)40(50)46-25-23-45(24-26-46)29-36-20-21-37(30-48)51-36/h4,6-7,9-22,38,48H,2-3,5,8,23-30H2,1H3/b22-17+/t38-/m0/s1. The second-order valence-corrected chi connectivity index (χ2v) is 13.0. The highest BCUT2D eigenvalue weighted by molar-refractivity contribution is 5.95. The zero-order chi connectivity index (χ0) is 36.2. The van der Waals surface area contributed by atoms with E-state index in [1.165, 1.54) is 29.8 Å². The van der Waals surface area contributed by atoms with Gasteiger partial charge in [-0.05, 0) is 65.4 Å². The minimum atomic E-state index is -4.46. The first-order valence-electron chi connectivity index (χ1n) is 17.6. The van der Waals surface area contributed by atoms with E-state index in [1.807, 2.05) is 53.4 Å². The van der Waals surface area contributed by atoms with Crippen LogP contribution in [0.4, 0.5) is 13.2 Å². The Morgan fingerprint density at radius 3 is 2.14 bits per heavy atom. The Bertz CT molecular complexity index is 1710. The van der Waals surface area contributed by atoms with Gasteiger partial charge in [0.2, 0.25) is 11.8 Å². The number of nitrogens with zero attached hydrogens (tertiary/aromatic N) is 3. The molecule has 0 saturated carbocycles. The minimum absolute atomic E-state index is 0.161. The first-order valence-corrected chi connectivity index (χ1v) is 17.6. The van der Waals surface area contributed by atoms with Crippen LogP contribution < -0.4 is 0 Å². The van der Waals surface area contributed by atoms with Crippen molar-refractivity contribution in [3.63, 3.8) is 0 Å². The Labute approximate surface area is 298 Å². The molecule has 2 heterocycles. The van der Waals surface area contributed by atoms with E-state index >= 15 is 0 Å². The molecule has 270 valence electrons. The van der Waals surface area contributed by atoms with Gasteiger partial charge in [-0.15, -0.1) is 0 Å². The van der Waals surface area contributed by atoms with E-state index in [0.29, 0.717) is 50.5 Å². The summed E-state index contributed by atoms with van der Waals surface area (Å²) in [6, 6.07) is 25.1. The van der Waals surface area contributed by atoms with Gasteiger partial charge in [-0.25, -0.2) is 0 Å². The maximum absolute atomic E-state index is 14.5. The van der Waals surface area contributed by atoms with Gasteiger partial charge in [0.05, 0.1) is 12.1 Å². The van der Waals surface area contributed by atoms with Crippen LogP contribution in [0.2, 0.25) is 0 Å². The third-order valence-corrected chi connectivity index (χ3v) is 9.25. The Kier molecular flexibility index (Phi) is 13.3. The highest BCUT2D eigenvalue weighted by Gasteiger charge is 2.34. The number of aliphatic hydroxyl groups excluding tert-OH is 1. The van der Waals surface area contributed by atoms with Crippen molar-refractivity contribution in [3.05, 3.63) is 136 Å². The van der Waals surface area contributed by atoms with Crippen LogP contribution in [-0.4, -0.2) is 63.8 Å².